The van der Waals surface area contributed by atoms with E-state index in [1.165, 1.54) is 6.07 Å². The summed E-state index contributed by atoms with van der Waals surface area (Å²) in [6, 6.07) is 2.38. The highest BCUT2D eigenvalue weighted by atomic mass is 19.4. The number of nitrogens with two attached hydrogens (primary N) is 1. The van der Waals surface area contributed by atoms with E-state index in [2.05, 4.69) is 4.98 Å². The molecule has 0 amide bonds. The summed E-state index contributed by atoms with van der Waals surface area (Å²) in [6.45, 7) is 3.26. The average molecular weight is 303 g/mol. The van der Waals surface area contributed by atoms with Crippen LogP contribution in [-0.2, 0) is 17.5 Å². The van der Waals surface area contributed by atoms with Gasteiger partial charge in [0.15, 0.2) is 0 Å². The monoisotopic (exact) mass is 303 g/mol. The second-order valence-corrected chi connectivity index (χ2v) is 5.56. The molecule has 7 heteroatoms. The zero-order chi connectivity index (χ0) is 15.7. The molecule has 0 spiro atoms. The topological polar surface area (TPSA) is 51.4 Å². The van der Waals surface area contributed by atoms with Crippen molar-refractivity contribution >= 4 is 5.82 Å². The van der Waals surface area contributed by atoms with Crippen LogP contribution in [0.4, 0.5) is 19.0 Å². The number of anilines is 1. The molecule has 1 aromatic rings. The van der Waals surface area contributed by atoms with Crippen LogP contribution in [0.25, 0.3) is 0 Å². The van der Waals surface area contributed by atoms with Crippen molar-refractivity contribution in [3.05, 3.63) is 23.4 Å². The van der Waals surface area contributed by atoms with Gasteiger partial charge in [0.2, 0.25) is 0 Å². The van der Waals surface area contributed by atoms with Crippen molar-refractivity contribution in [3.8, 4) is 0 Å². The standard InChI is InChI=1S/C14H20F3N3O/c1-13(21-2)6-3-7-20(9-13)12-10(8-18)4-5-11(19-12)14(15,16)17/h4-5H,3,6-9,18H2,1-2H3. The maximum absolute atomic E-state index is 12.9. The normalized spacial score (nSPS) is 23.4. The van der Waals surface area contributed by atoms with E-state index in [4.69, 9.17) is 10.5 Å². The number of pyridine rings is 1. The molecule has 2 heterocycles. The van der Waals surface area contributed by atoms with Crippen LogP contribution >= 0.6 is 0 Å². The first-order valence-electron chi connectivity index (χ1n) is 6.86. The number of piperidine rings is 1. The Balaban J connectivity index is 2.37. The average Bonchev–Trinajstić information content (AvgIpc) is 2.45. The zero-order valence-electron chi connectivity index (χ0n) is 12.2. The molecule has 0 radical (unpaired) electrons. The molecule has 0 aliphatic carbocycles. The quantitative estimate of drug-likeness (QED) is 0.932. The Morgan fingerprint density at radius 2 is 2.14 bits per heavy atom. The van der Waals surface area contributed by atoms with Crippen LogP contribution in [0, 0.1) is 0 Å². The molecule has 0 saturated carbocycles. The number of hydrogen-bond acceptors (Lipinski definition) is 4. The van der Waals surface area contributed by atoms with Gasteiger partial charge in [0.1, 0.15) is 11.5 Å². The van der Waals surface area contributed by atoms with Crippen LogP contribution < -0.4 is 10.6 Å². The summed E-state index contributed by atoms with van der Waals surface area (Å²) in [7, 11) is 1.62. The number of methoxy groups -OCH3 is 1. The Morgan fingerprint density at radius 3 is 2.71 bits per heavy atom. The zero-order valence-corrected chi connectivity index (χ0v) is 12.2. The maximum Gasteiger partial charge on any atom is 0.433 e. The number of aromatic nitrogens is 1. The van der Waals surface area contributed by atoms with Gasteiger partial charge in [-0.15, -0.1) is 0 Å². The number of ether oxygens (including phenoxy) is 1. The van der Waals surface area contributed by atoms with E-state index in [9.17, 15) is 13.2 Å². The van der Waals surface area contributed by atoms with Gasteiger partial charge in [0.05, 0.1) is 5.60 Å². The molecule has 21 heavy (non-hydrogen) atoms. The Morgan fingerprint density at radius 1 is 1.43 bits per heavy atom. The molecule has 1 unspecified atom stereocenters. The van der Waals surface area contributed by atoms with E-state index in [0.29, 0.717) is 24.5 Å². The number of nitrogens with zero attached hydrogens (tertiary/aromatic N) is 2. The van der Waals surface area contributed by atoms with Gasteiger partial charge in [0.25, 0.3) is 0 Å². The SMILES string of the molecule is COC1(C)CCCN(c2nc(C(F)(F)F)ccc2CN)C1. The summed E-state index contributed by atoms with van der Waals surface area (Å²) >= 11 is 0. The fourth-order valence-electron chi connectivity index (χ4n) is 2.62. The van der Waals surface area contributed by atoms with Gasteiger partial charge in [0, 0.05) is 32.3 Å². The molecule has 1 aliphatic heterocycles. The lowest BCUT2D eigenvalue weighted by atomic mass is 9.94. The van der Waals surface area contributed by atoms with Crippen molar-refractivity contribution in [2.75, 3.05) is 25.1 Å². The lowest BCUT2D eigenvalue weighted by molar-refractivity contribution is -0.141. The lowest BCUT2D eigenvalue weighted by Crippen LogP contribution is -2.48. The highest BCUT2D eigenvalue weighted by Gasteiger charge is 2.36. The third kappa shape index (κ3) is 3.47. The molecule has 118 valence electrons. The number of alkyl halides is 3. The van der Waals surface area contributed by atoms with Crippen LogP contribution in [0.3, 0.4) is 0 Å². The van der Waals surface area contributed by atoms with Gasteiger partial charge >= 0.3 is 6.18 Å². The van der Waals surface area contributed by atoms with Crippen molar-refractivity contribution in [2.24, 2.45) is 5.73 Å². The molecule has 0 bridgehead atoms. The van der Waals surface area contributed by atoms with Crippen molar-refractivity contribution < 1.29 is 17.9 Å². The molecule has 1 fully saturated rings. The van der Waals surface area contributed by atoms with E-state index in [1.807, 2.05) is 11.8 Å². The summed E-state index contributed by atoms with van der Waals surface area (Å²) in [4.78, 5) is 5.64. The first-order chi connectivity index (χ1) is 9.79. The molecule has 0 aromatic carbocycles. The van der Waals surface area contributed by atoms with Crippen molar-refractivity contribution in [3.63, 3.8) is 0 Å². The fourth-order valence-corrected chi connectivity index (χ4v) is 2.62. The van der Waals surface area contributed by atoms with Gasteiger partial charge < -0.3 is 15.4 Å². The smallest absolute Gasteiger partial charge is 0.377 e. The van der Waals surface area contributed by atoms with Crippen LogP contribution in [-0.4, -0.2) is 30.8 Å². The van der Waals surface area contributed by atoms with Gasteiger partial charge in [-0.2, -0.15) is 13.2 Å². The third-order valence-electron chi connectivity index (χ3n) is 3.92. The van der Waals surface area contributed by atoms with Crippen LogP contribution in [0.1, 0.15) is 31.0 Å². The summed E-state index contributed by atoms with van der Waals surface area (Å²) < 4.78 is 44.0. The van der Waals surface area contributed by atoms with Crippen molar-refractivity contribution in [1.82, 2.24) is 4.98 Å². The molecule has 1 aliphatic rings. The summed E-state index contributed by atoms with van der Waals surface area (Å²) in [5.74, 6) is 0.315. The molecular formula is C14H20F3N3O. The molecule has 2 N–H and O–H groups in total. The Hall–Kier alpha value is -1.34. The number of halogens is 3. The largest absolute Gasteiger partial charge is 0.433 e. The molecule has 4 nitrogen and oxygen atoms in total. The van der Waals surface area contributed by atoms with Gasteiger partial charge in [-0.05, 0) is 25.8 Å². The second-order valence-electron chi connectivity index (χ2n) is 5.56. The van der Waals surface area contributed by atoms with Crippen LogP contribution in [0.5, 0.6) is 0 Å². The highest BCUT2D eigenvalue weighted by Crippen LogP contribution is 2.33. The van der Waals surface area contributed by atoms with E-state index >= 15 is 0 Å². The number of rotatable bonds is 3. The molecular weight excluding hydrogens is 283 g/mol. The van der Waals surface area contributed by atoms with E-state index < -0.39 is 11.9 Å². The minimum absolute atomic E-state index is 0.153. The predicted octanol–water partition coefficient (Wildman–Crippen LogP) is 2.56. The van der Waals surface area contributed by atoms with Crippen molar-refractivity contribution in [2.45, 2.75) is 38.1 Å². The Bertz CT molecular complexity index is 507. The molecule has 1 aromatic heterocycles. The lowest BCUT2D eigenvalue weighted by Gasteiger charge is -2.40. The van der Waals surface area contributed by atoms with Crippen molar-refractivity contribution in [1.29, 1.82) is 0 Å². The predicted molar refractivity (Wildman–Crippen MR) is 74.0 cm³/mol. The van der Waals surface area contributed by atoms with E-state index in [-0.39, 0.29) is 12.1 Å². The van der Waals surface area contributed by atoms with Crippen LogP contribution in [0.15, 0.2) is 12.1 Å². The summed E-state index contributed by atoms with van der Waals surface area (Å²) in [5.41, 5.74) is 4.99. The summed E-state index contributed by atoms with van der Waals surface area (Å²) in [5, 5.41) is 0. The minimum Gasteiger partial charge on any atom is -0.377 e. The Labute approximate surface area is 122 Å². The second kappa shape index (κ2) is 5.81. The first-order valence-corrected chi connectivity index (χ1v) is 6.86. The highest BCUT2D eigenvalue weighted by molar-refractivity contribution is 5.49. The van der Waals surface area contributed by atoms with Gasteiger partial charge in [-0.3, -0.25) is 0 Å². The maximum atomic E-state index is 12.9. The molecule has 1 saturated heterocycles. The molecule has 1 atom stereocenters. The molecule has 2 rings (SSSR count). The fraction of sp³-hybridized carbons (Fsp3) is 0.643. The minimum atomic E-state index is -4.46. The van der Waals surface area contributed by atoms with Gasteiger partial charge in [-0.25, -0.2) is 4.98 Å². The van der Waals surface area contributed by atoms with E-state index in [1.54, 1.807) is 7.11 Å². The Kier molecular flexibility index (Phi) is 4.43. The number of hydrogen-bond donors (Lipinski definition) is 1. The first kappa shape index (κ1) is 16.0. The summed E-state index contributed by atoms with van der Waals surface area (Å²) in [6.07, 6.45) is -2.74. The third-order valence-corrected chi connectivity index (χ3v) is 3.92. The van der Waals surface area contributed by atoms with E-state index in [0.717, 1.165) is 18.9 Å². The van der Waals surface area contributed by atoms with Crippen LogP contribution in [0.2, 0.25) is 0 Å². The van der Waals surface area contributed by atoms with Gasteiger partial charge in [-0.1, -0.05) is 6.07 Å².